The van der Waals surface area contributed by atoms with E-state index >= 15 is 0 Å². The van der Waals surface area contributed by atoms with Gasteiger partial charge < -0.3 is 14.2 Å². The molecule has 1 fully saturated rings. The normalized spacial score (nSPS) is 15.9. The van der Waals surface area contributed by atoms with Gasteiger partial charge in [-0.25, -0.2) is 0 Å². The van der Waals surface area contributed by atoms with Gasteiger partial charge in [-0.3, -0.25) is 14.5 Å². The predicted molar refractivity (Wildman–Crippen MR) is 79.3 cm³/mol. The topological polar surface area (TPSA) is 54.8 Å². The molecule has 1 saturated heterocycles. The molecule has 116 valence electrons. The van der Waals surface area contributed by atoms with Crippen LogP contribution in [0, 0.1) is 0 Å². The highest BCUT2D eigenvalue weighted by molar-refractivity contribution is 6.42. The number of nitrogens with zero attached hydrogens (tertiary/aromatic N) is 3. The Balaban J connectivity index is 1.91. The van der Waals surface area contributed by atoms with E-state index in [4.69, 9.17) is 4.74 Å². The number of rotatable bonds is 6. The number of ketones is 1. The summed E-state index contributed by atoms with van der Waals surface area (Å²) in [5, 5.41) is 0. The van der Waals surface area contributed by atoms with E-state index in [0.29, 0.717) is 18.8 Å². The molecule has 2 rings (SSSR count). The van der Waals surface area contributed by atoms with Gasteiger partial charge in [0.25, 0.3) is 11.7 Å². The van der Waals surface area contributed by atoms with Crippen LogP contribution in [0.1, 0.15) is 17.4 Å². The Hall–Kier alpha value is -1.66. The van der Waals surface area contributed by atoms with Crippen molar-refractivity contribution in [1.82, 2.24) is 14.4 Å². The fourth-order valence-corrected chi connectivity index (χ4v) is 2.44. The third-order valence-electron chi connectivity index (χ3n) is 3.83. The first kappa shape index (κ1) is 15.7. The quantitative estimate of drug-likeness (QED) is 0.562. The molecule has 0 unspecified atom stereocenters. The molecule has 0 saturated carbocycles. The van der Waals surface area contributed by atoms with Crippen LogP contribution in [0.3, 0.4) is 0 Å². The van der Waals surface area contributed by atoms with Gasteiger partial charge in [0.05, 0.1) is 18.9 Å². The van der Waals surface area contributed by atoms with Crippen LogP contribution in [0.5, 0.6) is 0 Å². The molecule has 0 radical (unpaired) electrons. The van der Waals surface area contributed by atoms with Crippen LogP contribution < -0.4 is 0 Å². The molecule has 2 heterocycles. The largest absolute Gasteiger partial charge is 0.379 e. The molecular formula is C15H23N3O3. The van der Waals surface area contributed by atoms with Gasteiger partial charge in [0.15, 0.2) is 0 Å². The molecule has 1 aromatic rings. The summed E-state index contributed by atoms with van der Waals surface area (Å²) in [6.45, 7) is 7.05. The molecule has 0 atom stereocenters. The van der Waals surface area contributed by atoms with E-state index < -0.39 is 11.7 Å². The van der Waals surface area contributed by atoms with Gasteiger partial charge in [-0.15, -0.1) is 0 Å². The molecular weight excluding hydrogens is 270 g/mol. The Labute approximate surface area is 125 Å². The summed E-state index contributed by atoms with van der Waals surface area (Å²) >= 11 is 0. The van der Waals surface area contributed by atoms with Gasteiger partial charge in [-0.05, 0) is 19.1 Å². The molecule has 1 aliphatic heterocycles. The summed E-state index contributed by atoms with van der Waals surface area (Å²) in [7, 11) is 1.77. The molecule has 0 bridgehead atoms. The minimum atomic E-state index is -0.439. The van der Waals surface area contributed by atoms with Crippen molar-refractivity contribution in [3.63, 3.8) is 0 Å². The van der Waals surface area contributed by atoms with Crippen molar-refractivity contribution < 1.29 is 14.3 Å². The summed E-state index contributed by atoms with van der Waals surface area (Å²) in [4.78, 5) is 28.4. The maximum atomic E-state index is 12.3. The zero-order valence-electron chi connectivity index (χ0n) is 12.7. The standard InChI is InChI=1S/C15H23N3O3/c1-3-18(8-7-17-9-11-21-12-10-17)15(20)14(19)13-5-4-6-16(13)2/h4-6H,3,7-12H2,1-2H3. The number of carbonyl (C=O) groups is 2. The molecule has 21 heavy (non-hydrogen) atoms. The highest BCUT2D eigenvalue weighted by Crippen LogP contribution is 2.05. The lowest BCUT2D eigenvalue weighted by Crippen LogP contribution is -2.45. The van der Waals surface area contributed by atoms with E-state index in [1.807, 2.05) is 6.92 Å². The van der Waals surface area contributed by atoms with Crippen molar-refractivity contribution in [3.05, 3.63) is 24.0 Å². The van der Waals surface area contributed by atoms with Crippen molar-refractivity contribution >= 4 is 11.7 Å². The van der Waals surface area contributed by atoms with Crippen LogP contribution in [0.4, 0.5) is 0 Å². The molecule has 1 amide bonds. The molecule has 1 aromatic heterocycles. The van der Waals surface area contributed by atoms with Crippen LogP contribution in [-0.2, 0) is 16.6 Å². The molecule has 6 nitrogen and oxygen atoms in total. The number of aryl methyl sites for hydroxylation is 1. The molecule has 0 aromatic carbocycles. The van der Waals surface area contributed by atoms with Crippen molar-refractivity contribution in [2.75, 3.05) is 45.9 Å². The lowest BCUT2D eigenvalue weighted by Gasteiger charge is -2.29. The number of morpholine rings is 1. The number of hydrogen-bond acceptors (Lipinski definition) is 4. The van der Waals surface area contributed by atoms with E-state index in [9.17, 15) is 9.59 Å². The summed E-state index contributed by atoms with van der Waals surface area (Å²) in [6.07, 6.45) is 1.77. The van der Waals surface area contributed by atoms with Crippen LogP contribution in [0.2, 0.25) is 0 Å². The number of likely N-dealkylation sites (N-methyl/N-ethyl adjacent to an activating group) is 1. The average molecular weight is 293 g/mol. The van der Waals surface area contributed by atoms with Crippen LogP contribution in [0.15, 0.2) is 18.3 Å². The predicted octanol–water partition coefficient (Wildman–Crippen LogP) is 0.389. The fourth-order valence-electron chi connectivity index (χ4n) is 2.44. The van der Waals surface area contributed by atoms with Crippen molar-refractivity contribution in [3.8, 4) is 0 Å². The first-order valence-corrected chi connectivity index (χ1v) is 7.38. The van der Waals surface area contributed by atoms with E-state index in [-0.39, 0.29) is 0 Å². The second-order valence-electron chi connectivity index (χ2n) is 5.17. The van der Waals surface area contributed by atoms with Crippen LogP contribution >= 0.6 is 0 Å². The van der Waals surface area contributed by atoms with Gasteiger partial charge in [0, 0.05) is 46.0 Å². The molecule has 1 aliphatic rings. The maximum absolute atomic E-state index is 12.3. The first-order chi connectivity index (χ1) is 10.1. The summed E-state index contributed by atoms with van der Waals surface area (Å²) in [6, 6.07) is 3.45. The lowest BCUT2D eigenvalue weighted by molar-refractivity contribution is -0.126. The maximum Gasteiger partial charge on any atom is 0.296 e. The van der Waals surface area contributed by atoms with Crippen LogP contribution in [-0.4, -0.2) is 72.0 Å². The molecule has 0 aliphatic carbocycles. The first-order valence-electron chi connectivity index (χ1n) is 7.38. The van der Waals surface area contributed by atoms with E-state index in [0.717, 1.165) is 32.8 Å². The van der Waals surface area contributed by atoms with Gasteiger partial charge in [0.1, 0.15) is 0 Å². The Morgan fingerprint density at radius 1 is 1.33 bits per heavy atom. The monoisotopic (exact) mass is 293 g/mol. The zero-order valence-corrected chi connectivity index (χ0v) is 12.7. The number of amides is 1. The Kier molecular flexibility index (Phi) is 5.52. The number of carbonyl (C=O) groups excluding carboxylic acids is 2. The molecule has 0 N–H and O–H groups in total. The third-order valence-corrected chi connectivity index (χ3v) is 3.83. The lowest BCUT2D eigenvalue weighted by atomic mass is 10.2. The second-order valence-corrected chi connectivity index (χ2v) is 5.17. The van der Waals surface area contributed by atoms with Gasteiger partial charge in [-0.1, -0.05) is 0 Å². The summed E-state index contributed by atoms with van der Waals surface area (Å²) < 4.78 is 6.98. The van der Waals surface area contributed by atoms with Crippen molar-refractivity contribution in [2.24, 2.45) is 7.05 Å². The van der Waals surface area contributed by atoms with Gasteiger partial charge in [0.2, 0.25) is 0 Å². The average Bonchev–Trinajstić information content (AvgIpc) is 2.94. The Morgan fingerprint density at radius 2 is 2.05 bits per heavy atom. The summed E-state index contributed by atoms with van der Waals surface area (Å²) in [5.74, 6) is -0.862. The van der Waals surface area contributed by atoms with E-state index in [1.54, 1.807) is 34.8 Å². The highest BCUT2D eigenvalue weighted by atomic mass is 16.5. The van der Waals surface area contributed by atoms with Gasteiger partial charge in [-0.2, -0.15) is 0 Å². The van der Waals surface area contributed by atoms with Crippen molar-refractivity contribution in [2.45, 2.75) is 6.92 Å². The Bertz CT molecular complexity index is 492. The summed E-state index contributed by atoms with van der Waals surface area (Å²) in [5.41, 5.74) is 0.435. The number of ether oxygens (including phenoxy) is 1. The van der Waals surface area contributed by atoms with E-state index in [2.05, 4.69) is 4.90 Å². The van der Waals surface area contributed by atoms with Crippen molar-refractivity contribution in [1.29, 1.82) is 0 Å². The highest BCUT2D eigenvalue weighted by Gasteiger charge is 2.24. The van der Waals surface area contributed by atoms with Gasteiger partial charge >= 0.3 is 0 Å². The Morgan fingerprint density at radius 3 is 2.62 bits per heavy atom. The third kappa shape index (κ3) is 3.92. The van der Waals surface area contributed by atoms with E-state index in [1.165, 1.54) is 0 Å². The second kappa shape index (κ2) is 7.38. The SMILES string of the molecule is CCN(CCN1CCOCC1)C(=O)C(=O)c1cccn1C. The minimum Gasteiger partial charge on any atom is -0.379 e. The fraction of sp³-hybridized carbons (Fsp3) is 0.600. The zero-order chi connectivity index (χ0) is 15.2. The smallest absolute Gasteiger partial charge is 0.296 e. The number of aromatic nitrogens is 1. The number of Topliss-reactive ketones (excluding diaryl/α,β-unsaturated/α-hetero) is 1. The molecule has 0 spiro atoms. The minimum absolute atomic E-state index is 0.424. The van der Waals surface area contributed by atoms with Crippen LogP contribution in [0.25, 0.3) is 0 Å². The number of hydrogen-bond donors (Lipinski definition) is 0. The molecule has 6 heteroatoms.